The second-order valence-electron chi connectivity index (χ2n) is 12.5. The highest BCUT2D eigenvalue weighted by atomic mass is 14.9. The Morgan fingerprint density at radius 2 is 1.21 bits per heavy atom. The molecule has 0 atom stereocenters. The zero-order valence-corrected chi connectivity index (χ0v) is 26.9. The summed E-state index contributed by atoms with van der Waals surface area (Å²) in [7, 11) is 0. The van der Waals surface area contributed by atoms with Crippen LogP contribution in [-0.2, 0) is 12.0 Å². The first kappa shape index (κ1) is 30.3. The lowest BCUT2D eigenvalue weighted by Crippen LogP contribution is -2.30. The van der Waals surface area contributed by atoms with Crippen molar-refractivity contribution in [3.05, 3.63) is 192 Å². The van der Waals surface area contributed by atoms with E-state index in [1.54, 1.807) is 0 Å². The van der Waals surface area contributed by atoms with Crippen molar-refractivity contribution in [2.24, 2.45) is 9.98 Å². The molecule has 1 fully saturated rings. The minimum absolute atomic E-state index is 0.00497. The molecule has 6 aromatic rings. The first-order chi connectivity index (χ1) is 23.2. The Hall–Kier alpha value is -5.34. The third-order valence-corrected chi connectivity index (χ3v) is 9.68. The van der Waals surface area contributed by atoms with Crippen LogP contribution < -0.4 is 0 Å². The van der Waals surface area contributed by atoms with Crippen molar-refractivity contribution in [1.82, 2.24) is 0 Å². The summed E-state index contributed by atoms with van der Waals surface area (Å²) < 4.78 is 0. The Bertz CT molecular complexity index is 2010. The summed E-state index contributed by atoms with van der Waals surface area (Å²) in [5.41, 5.74) is 9.34. The van der Waals surface area contributed by atoms with Gasteiger partial charge in [0.25, 0.3) is 0 Å². The monoisotopic (exact) mass is 608 g/mol. The van der Waals surface area contributed by atoms with Crippen LogP contribution in [0.25, 0.3) is 21.9 Å². The Balaban J connectivity index is 1.24. The van der Waals surface area contributed by atoms with E-state index in [2.05, 4.69) is 134 Å². The van der Waals surface area contributed by atoms with Gasteiger partial charge in [-0.15, -0.1) is 0 Å². The number of hydrogen-bond donors (Lipinski definition) is 0. The van der Waals surface area contributed by atoms with Crippen molar-refractivity contribution in [3.8, 4) is 11.1 Å². The van der Waals surface area contributed by atoms with Gasteiger partial charge >= 0.3 is 0 Å². The molecule has 2 heteroatoms. The molecule has 0 saturated heterocycles. The van der Waals surface area contributed by atoms with Gasteiger partial charge in [-0.3, -0.25) is 4.99 Å². The molecule has 2 nitrogen and oxygen atoms in total. The Morgan fingerprint density at radius 1 is 0.596 bits per heavy atom. The van der Waals surface area contributed by atoms with E-state index in [1.165, 1.54) is 52.3 Å². The topological polar surface area (TPSA) is 24.7 Å². The van der Waals surface area contributed by atoms with Gasteiger partial charge in [-0.1, -0.05) is 178 Å². The van der Waals surface area contributed by atoms with Gasteiger partial charge in [-0.25, -0.2) is 4.99 Å². The molecule has 0 aromatic heterocycles. The molecule has 0 spiro atoms. The minimum Gasteiger partial charge on any atom is -0.261 e. The highest BCUT2D eigenvalue weighted by Gasteiger charge is 2.35. The molecule has 1 aliphatic rings. The second-order valence-corrected chi connectivity index (χ2v) is 12.5. The van der Waals surface area contributed by atoms with Crippen molar-refractivity contribution >= 4 is 22.3 Å². The number of amidine groups is 1. The number of allylic oxidation sites excluding steroid dienone is 1. The average molecular weight is 609 g/mol. The molecule has 1 aliphatic carbocycles. The number of benzene rings is 6. The molecule has 230 valence electrons. The van der Waals surface area contributed by atoms with E-state index in [4.69, 9.17) is 9.98 Å². The van der Waals surface area contributed by atoms with Gasteiger partial charge in [0.1, 0.15) is 0 Å². The molecule has 0 aliphatic heterocycles. The third-order valence-electron chi connectivity index (χ3n) is 9.68. The van der Waals surface area contributed by atoms with Crippen LogP contribution in [0.5, 0.6) is 0 Å². The lowest BCUT2D eigenvalue weighted by Gasteiger charge is -2.39. The van der Waals surface area contributed by atoms with Crippen molar-refractivity contribution in [2.75, 3.05) is 0 Å². The third kappa shape index (κ3) is 6.50. The van der Waals surface area contributed by atoms with Crippen LogP contribution in [-0.4, -0.2) is 11.5 Å². The van der Waals surface area contributed by atoms with E-state index >= 15 is 0 Å². The van der Waals surface area contributed by atoms with Gasteiger partial charge < -0.3 is 0 Å². The molecular formula is C45H40N2. The predicted octanol–water partition coefficient (Wildman–Crippen LogP) is 11.4. The van der Waals surface area contributed by atoms with Crippen LogP contribution in [0.15, 0.2) is 174 Å². The molecule has 0 radical (unpaired) electrons. The second kappa shape index (κ2) is 14.0. The molecule has 0 bridgehead atoms. The van der Waals surface area contributed by atoms with Gasteiger partial charge in [0, 0.05) is 16.5 Å². The predicted molar refractivity (Wildman–Crippen MR) is 200 cm³/mol. The van der Waals surface area contributed by atoms with Crippen LogP contribution in [0.3, 0.4) is 0 Å². The van der Waals surface area contributed by atoms with Gasteiger partial charge in [0.2, 0.25) is 0 Å². The summed E-state index contributed by atoms with van der Waals surface area (Å²) in [4.78, 5) is 10.1. The van der Waals surface area contributed by atoms with E-state index in [0.717, 1.165) is 41.1 Å². The van der Waals surface area contributed by atoms with E-state index in [0.29, 0.717) is 6.54 Å². The summed E-state index contributed by atoms with van der Waals surface area (Å²) in [6.07, 6.45) is 7.90. The minimum atomic E-state index is -0.00497. The van der Waals surface area contributed by atoms with Crippen LogP contribution in [0.1, 0.15) is 59.9 Å². The molecule has 0 unspecified atom stereocenters. The van der Waals surface area contributed by atoms with Crippen molar-refractivity contribution < 1.29 is 0 Å². The van der Waals surface area contributed by atoms with Crippen molar-refractivity contribution in [1.29, 1.82) is 0 Å². The van der Waals surface area contributed by atoms with Crippen LogP contribution in [0, 0.1) is 0 Å². The molecule has 6 aromatic carbocycles. The summed E-state index contributed by atoms with van der Waals surface area (Å²) in [5, 5.41) is 2.57. The van der Waals surface area contributed by atoms with E-state index < -0.39 is 0 Å². The smallest absolute Gasteiger partial charge is 0.155 e. The van der Waals surface area contributed by atoms with Gasteiger partial charge in [0.05, 0.1) is 12.3 Å². The van der Waals surface area contributed by atoms with E-state index in [9.17, 15) is 0 Å². The number of aliphatic imine (C=N–C) groups is 2. The normalized spacial score (nSPS) is 15.0. The fourth-order valence-corrected chi connectivity index (χ4v) is 7.18. The molecule has 0 N–H and O–H groups in total. The average Bonchev–Trinajstić information content (AvgIpc) is 3.16. The van der Waals surface area contributed by atoms with Gasteiger partial charge in [-0.05, 0) is 57.5 Å². The first-order valence-corrected chi connectivity index (χ1v) is 16.8. The van der Waals surface area contributed by atoms with Crippen LogP contribution in [0.4, 0.5) is 0 Å². The van der Waals surface area contributed by atoms with E-state index in [-0.39, 0.29) is 5.41 Å². The first-order valence-electron chi connectivity index (χ1n) is 16.8. The number of hydrogen-bond acceptors (Lipinski definition) is 1. The maximum Gasteiger partial charge on any atom is 0.155 e. The zero-order chi connectivity index (χ0) is 31.9. The number of rotatable bonds is 8. The van der Waals surface area contributed by atoms with E-state index in [1.807, 2.05) is 30.3 Å². The summed E-state index contributed by atoms with van der Waals surface area (Å²) in [5.74, 6) is 0.719. The van der Waals surface area contributed by atoms with Gasteiger partial charge in [-0.2, -0.15) is 0 Å². The Kier molecular flexibility index (Phi) is 9.01. The Morgan fingerprint density at radius 3 is 1.91 bits per heavy atom. The molecule has 7 rings (SSSR count). The largest absolute Gasteiger partial charge is 0.261 e. The number of fused-ring (bicyclic) bond motifs is 1. The maximum atomic E-state index is 5.08. The Labute approximate surface area is 278 Å². The van der Waals surface area contributed by atoms with Crippen molar-refractivity contribution in [2.45, 2.75) is 44.1 Å². The highest BCUT2D eigenvalue weighted by molar-refractivity contribution is 6.16. The lowest BCUT2D eigenvalue weighted by atomic mass is 9.65. The van der Waals surface area contributed by atoms with Crippen molar-refractivity contribution in [3.63, 3.8) is 0 Å². The molecule has 0 heterocycles. The molecule has 47 heavy (non-hydrogen) atoms. The van der Waals surface area contributed by atoms with Gasteiger partial charge in [0.15, 0.2) is 5.84 Å². The van der Waals surface area contributed by atoms with Crippen LogP contribution in [0.2, 0.25) is 0 Å². The molecule has 1 saturated carbocycles. The SMILES string of the molecule is C=C/C(=N\C(=N/Cc1ccccc1)c1ccc(C2(c3ccc(-c4cccc5ccccc45)cc3)CCCCC2)cc1)c1ccccc1. The zero-order valence-electron chi connectivity index (χ0n) is 26.9. The maximum absolute atomic E-state index is 5.08. The fraction of sp³-hybridized carbons (Fsp3) is 0.156. The summed E-state index contributed by atoms with van der Waals surface area (Å²) in [6, 6.07) is 54.3. The van der Waals surface area contributed by atoms with Crippen LogP contribution >= 0.6 is 0 Å². The highest BCUT2D eigenvalue weighted by Crippen LogP contribution is 2.45. The standard InChI is InChI=1S/C45H40N2/c1-2-43(37-18-8-4-9-19-37)47-44(46-33-34-15-6-3-7-16-34)38-25-29-40(30-26-38)45(31-12-5-13-32-45)39-27-23-36(24-28-39)42-22-14-20-35-17-10-11-21-41(35)42/h2-4,6-11,14-30H,1,5,12-13,31-33H2/b46-44-,47-43+. The number of nitrogens with zero attached hydrogens (tertiary/aromatic N) is 2. The lowest BCUT2D eigenvalue weighted by molar-refractivity contribution is 0.346. The summed E-state index contributed by atoms with van der Waals surface area (Å²) in [6.45, 7) is 4.64. The quantitative estimate of drug-likeness (QED) is 0.121. The molecular weight excluding hydrogens is 569 g/mol. The molecule has 0 amide bonds. The summed E-state index contributed by atoms with van der Waals surface area (Å²) >= 11 is 0. The fourth-order valence-electron chi connectivity index (χ4n) is 7.18.